The van der Waals surface area contributed by atoms with E-state index in [4.69, 9.17) is 4.42 Å². The predicted molar refractivity (Wildman–Crippen MR) is 114 cm³/mol. The third-order valence-electron chi connectivity index (χ3n) is 7.85. The van der Waals surface area contributed by atoms with E-state index >= 15 is 0 Å². The fourth-order valence-corrected chi connectivity index (χ4v) is 7.81. The van der Waals surface area contributed by atoms with Gasteiger partial charge in [0, 0.05) is 11.6 Å². The summed E-state index contributed by atoms with van der Waals surface area (Å²) in [6.07, 6.45) is 11.7. The Morgan fingerprint density at radius 1 is 1.20 bits per heavy atom. The van der Waals surface area contributed by atoms with Crippen molar-refractivity contribution in [2.24, 2.45) is 17.8 Å². The maximum absolute atomic E-state index is 13.7. The fourth-order valence-electron chi connectivity index (χ4n) is 6.88. The Morgan fingerprint density at radius 3 is 2.50 bits per heavy atom. The molecule has 2 heterocycles. The van der Waals surface area contributed by atoms with E-state index in [2.05, 4.69) is 19.7 Å². The maximum atomic E-state index is 13.7. The average molecular weight is 427 g/mol. The lowest BCUT2D eigenvalue weighted by Gasteiger charge is -2.60. The lowest BCUT2D eigenvalue weighted by molar-refractivity contribution is -0.150. The first-order valence-corrected chi connectivity index (χ1v) is 12.5. The van der Waals surface area contributed by atoms with Crippen LogP contribution in [0.4, 0.5) is 0 Å². The van der Waals surface area contributed by atoms with Crippen LogP contribution in [0, 0.1) is 24.7 Å². The highest BCUT2D eigenvalue weighted by atomic mass is 32.2. The topological polar surface area (TPSA) is 64.2 Å². The third kappa shape index (κ3) is 3.29. The zero-order chi connectivity index (χ0) is 20.3. The molecule has 0 unspecified atom stereocenters. The van der Waals surface area contributed by atoms with Gasteiger partial charge >= 0.3 is 0 Å². The van der Waals surface area contributed by atoms with Gasteiger partial charge in [-0.3, -0.25) is 4.79 Å². The van der Waals surface area contributed by atoms with Crippen LogP contribution in [-0.2, 0) is 11.3 Å². The van der Waals surface area contributed by atoms with Gasteiger partial charge in [-0.05, 0) is 88.2 Å². The number of furan rings is 1. The van der Waals surface area contributed by atoms with Crippen LogP contribution in [0.1, 0.15) is 69.0 Å². The standard InChI is InChI=1S/C23H30N4O2S/c1-15-24-25-22(27(15)19-4-5-19)30-14-21(28)26(13-20-3-2-6-29-20)23-10-16-7-17(11-23)9-18(8-16)12-23/h2-3,6,16-19H,4-5,7-14H2,1H3. The number of aromatic nitrogens is 3. The molecular formula is C23H30N4O2S. The Hall–Kier alpha value is -1.76. The van der Waals surface area contributed by atoms with Crippen molar-refractivity contribution in [3.63, 3.8) is 0 Å². The molecule has 160 valence electrons. The lowest BCUT2D eigenvalue weighted by atomic mass is 9.52. The number of hydrogen-bond acceptors (Lipinski definition) is 5. The highest BCUT2D eigenvalue weighted by Gasteiger charge is 2.54. The first-order chi connectivity index (χ1) is 14.6. The molecule has 2 aromatic heterocycles. The molecule has 5 saturated carbocycles. The summed E-state index contributed by atoms with van der Waals surface area (Å²) in [5, 5.41) is 9.53. The van der Waals surface area contributed by atoms with Crippen molar-refractivity contribution in [2.45, 2.75) is 81.6 Å². The minimum Gasteiger partial charge on any atom is -0.467 e. The number of rotatable bonds is 7. The molecule has 6 nitrogen and oxygen atoms in total. The van der Waals surface area contributed by atoms with Gasteiger partial charge in [0.25, 0.3) is 0 Å². The second-order valence-electron chi connectivity index (χ2n) is 10.1. The van der Waals surface area contributed by atoms with Gasteiger partial charge in [0.05, 0.1) is 18.6 Å². The van der Waals surface area contributed by atoms with E-state index in [0.717, 1.165) is 34.5 Å². The van der Waals surface area contributed by atoms with Crippen LogP contribution in [0.3, 0.4) is 0 Å². The van der Waals surface area contributed by atoms with Gasteiger partial charge in [-0.25, -0.2) is 0 Å². The predicted octanol–water partition coefficient (Wildman–Crippen LogP) is 4.60. The minimum atomic E-state index is 0.0270. The Kier molecular flexibility index (Phi) is 4.52. The van der Waals surface area contributed by atoms with E-state index in [1.807, 2.05) is 19.1 Å². The molecular weight excluding hydrogens is 396 g/mol. The number of carbonyl (C=O) groups excluding carboxylic acids is 1. The van der Waals surface area contributed by atoms with Crippen molar-refractivity contribution in [1.29, 1.82) is 0 Å². The van der Waals surface area contributed by atoms with Crippen LogP contribution >= 0.6 is 11.8 Å². The molecule has 0 spiro atoms. The number of aryl methyl sites for hydroxylation is 1. The summed E-state index contributed by atoms with van der Waals surface area (Å²) in [6.45, 7) is 2.60. The van der Waals surface area contributed by atoms with Crippen LogP contribution in [-0.4, -0.2) is 36.9 Å². The van der Waals surface area contributed by atoms with Crippen molar-refractivity contribution in [1.82, 2.24) is 19.7 Å². The van der Waals surface area contributed by atoms with E-state index in [0.29, 0.717) is 18.3 Å². The monoisotopic (exact) mass is 426 g/mol. The molecule has 0 atom stereocenters. The van der Waals surface area contributed by atoms with Crippen LogP contribution in [0.25, 0.3) is 0 Å². The Balaban J connectivity index is 1.24. The molecule has 0 N–H and O–H groups in total. The van der Waals surface area contributed by atoms with E-state index in [1.54, 1.807) is 18.0 Å². The van der Waals surface area contributed by atoms with E-state index in [9.17, 15) is 4.79 Å². The summed E-state index contributed by atoms with van der Waals surface area (Å²) in [7, 11) is 0. The Bertz CT molecular complexity index is 898. The molecule has 5 aliphatic carbocycles. The Labute approximate surface area is 181 Å². The van der Waals surface area contributed by atoms with Crippen LogP contribution in [0.5, 0.6) is 0 Å². The zero-order valence-electron chi connectivity index (χ0n) is 17.6. The summed E-state index contributed by atoms with van der Waals surface area (Å²) >= 11 is 1.56. The molecule has 7 rings (SSSR count). The van der Waals surface area contributed by atoms with Gasteiger partial charge in [0.1, 0.15) is 11.6 Å². The summed E-state index contributed by atoms with van der Waals surface area (Å²) in [5.41, 5.74) is 0.0270. The number of carbonyl (C=O) groups is 1. The molecule has 7 heteroatoms. The van der Waals surface area contributed by atoms with Crippen molar-refractivity contribution < 1.29 is 9.21 Å². The average Bonchev–Trinajstić information content (AvgIpc) is 3.26. The number of amides is 1. The molecule has 0 aliphatic heterocycles. The summed E-state index contributed by atoms with van der Waals surface area (Å²) in [5.74, 6) is 4.90. The van der Waals surface area contributed by atoms with E-state index in [-0.39, 0.29) is 11.4 Å². The molecule has 0 radical (unpaired) electrons. The summed E-state index contributed by atoms with van der Waals surface area (Å²) < 4.78 is 7.90. The van der Waals surface area contributed by atoms with Crippen LogP contribution in [0.2, 0.25) is 0 Å². The minimum absolute atomic E-state index is 0.0270. The molecule has 0 saturated heterocycles. The highest BCUT2D eigenvalue weighted by molar-refractivity contribution is 7.99. The molecule has 0 aromatic carbocycles. The Morgan fingerprint density at radius 2 is 1.90 bits per heavy atom. The number of nitrogens with zero attached hydrogens (tertiary/aromatic N) is 4. The first kappa shape index (κ1) is 19.0. The van der Waals surface area contributed by atoms with Gasteiger partial charge in [0.2, 0.25) is 5.91 Å². The van der Waals surface area contributed by atoms with Gasteiger partial charge in [0.15, 0.2) is 5.16 Å². The SMILES string of the molecule is Cc1nnc(SCC(=O)N(Cc2ccco2)C23CC4CC(CC(C4)C2)C3)n1C1CC1. The van der Waals surface area contributed by atoms with Crippen molar-refractivity contribution in [2.75, 3.05) is 5.75 Å². The summed E-state index contributed by atoms with van der Waals surface area (Å²) in [4.78, 5) is 15.9. The van der Waals surface area contributed by atoms with Crippen molar-refractivity contribution in [3.8, 4) is 0 Å². The van der Waals surface area contributed by atoms with Gasteiger partial charge < -0.3 is 13.9 Å². The molecule has 4 bridgehead atoms. The van der Waals surface area contributed by atoms with Gasteiger partial charge in [-0.15, -0.1) is 10.2 Å². The molecule has 5 fully saturated rings. The molecule has 5 aliphatic rings. The molecule has 1 amide bonds. The van der Waals surface area contributed by atoms with E-state index in [1.165, 1.54) is 51.4 Å². The second kappa shape index (κ2) is 7.14. The smallest absolute Gasteiger partial charge is 0.233 e. The largest absolute Gasteiger partial charge is 0.467 e. The first-order valence-electron chi connectivity index (χ1n) is 11.5. The second-order valence-corrected chi connectivity index (χ2v) is 11.1. The van der Waals surface area contributed by atoms with Crippen LogP contribution in [0.15, 0.2) is 28.0 Å². The van der Waals surface area contributed by atoms with E-state index < -0.39 is 0 Å². The maximum Gasteiger partial charge on any atom is 0.233 e. The van der Waals surface area contributed by atoms with Gasteiger partial charge in [-0.2, -0.15) is 0 Å². The quantitative estimate of drug-likeness (QED) is 0.605. The summed E-state index contributed by atoms with van der Waals surface area (Å²) in [6, 6.07) is 4.45. The fraction of sp³-hybridized carbons (Fsp3) is 0.696. The van der Waals surface area contributed by atoms with Crippen molar-refractivity contribution >= 4 is 17.7 Å². The van der Waals surface area contributed by atoms with Crippen LogP contribution < -0.4 is 0 Å². The molecule has 30 heavy (non-hydrogen) atoms. The lowest BCUT2D eigenvalue weighted by Crippen LogP contribution is -2.61. The number of hydrogen-bond donors (Lipinski definition) is 0. The van der Waals surface area contributed by atoms with Gasteiger partial charge in [-0.1, -0.05) is 11.8 Å². The highest BCUT2D eigenvalue weighted by Crippen LogP contribution is 2.58. The zero-order valence-corrected chi connectivity index (χ0v) is 18.4. The normalized spacial score (nSPS) is 32.0. The van der Waals surface area contributed by atoms with Crippen molar-refractivity contribution in [3.05, 3.63) is 30.0 Å². The molecule has 2 aromatic rings. The third-order valence-corrected chi connectivity index (χ3v) is 8.77. The number of thioether (sulfide) groups is 1.